The smallest absolute Gasteiger partial charge is 0.392 e. The number of nitrogens with zero attached hydrogens (tertiary/aromatic N) is 3. The first-order chi connectivity index (χ1) is 8.41. The van der Waals surface area contributed by atoms with Crippen LogP contribution in [-0.4, -0.2) is 19.9 Å². The lowest BCUT2D eigenvalue weighted by molar-refractivity contribution is -0.141. The zero-order valence-corrected chi connectivity index (χ0v) is 9.44. The highest BCUT2D eigenvalue weighted by molar-refractivity contribution is 5.31. The number of aliphatic hydroxyl groups is 1. The van der Waals surface area contributed by atoms with Crippen LogP contribution in [0.25, 0.3) is 5.69 Å². The number of aromatic nitrogens is 3. The van der Waals surface area contributed by atoms with Gasteiger partial charge in [-0.2, -0.15) is 18.3 Å². The second-order valence-corrected chi connectivity index (χ2v) is 3.74. The number of hydrogen-bond donors (Lipinski definition) is 1. The molecule has 0 fully saturated rings. The van der Waals surface area contributed by atoms with Gasteiger partial charge in [0, 0.05) is 11.8 Å². The lowest BCUT2D eigenvalue weighted by Gasteiger charge is -2.06. The van der Waals surface area contributed by atoms with Gasteiger partial charge in [-0.25, -0.2) is 9.67 Å². The second kappa shape index (κ2) is 4.41. The van der Waals surface area contributed by atoms with E-state index in [1.165, 1.54) is 10.7 Å². The van der Waals surface area contributed by atoms with Crippen molar-refractivity contribution < 1.29 is 18.3 Å². The first kappa shape index (κ1) is 12.6. The van der Waals surface area contributed by atoms with E-state index in [1.54, 1.807) is 13.1 Å². The van der Waals surface area contributed by atoms with Gasteiger partial charge in [-0.15, -0.1) is 0 Å². The van der Waals surface area contributed by atoms with Crippen LogP contribution >= 0.6 is 0 Å². The van der Waals surface area contributed by atoms with Crippen LogP contribution in [0.3, 0.4) is 0 Å². The Morgan fingerprint density at radius 2 is 2.06 bits per heavy atom. The molecule has 1 N–H and O–H groups in total. The minimum absolute atomic E-state index is 0.167. The van der Waals surface area contributed by atoms with E-state index in [-0.39, 0.29) is 6.61 Å². The monoisotopic (exact) mass is 257 g/mol. The molecule has 0 amide bonds. The topological polar surface area (TPSA) is 50.9 Å². The first-order valence-corrected chi connectivity index (χ1v) is 5.11. The number of hydrogen-bond acceptors (Lipinski definition) is 3. The first-order valence-electron chi connectivity index (χ1n) is 5.11. The Labute approximate surface area is 101 Å². The predicted molar refractivity (Wildman–Crippen MR) is 57.0 cm³/mol. The van der Waals surface area contributed by atoms with Crippen molar-refractivity contribution in [3.8, 4) is 5.69 Å². The molecule has 2 heterocycles. The molecule has 0 saturated heterocycles. The van der Waals surface area contributed by atoms with Gasteiger partial charge in [-0.3, -0.25) is 0 Å². The molecule has 0 aliphatic heterocycles. The summed E-state index contributed by atoms with van der Waals surface area (Å²) in [5.41, 5.74) is 0.704. The summed E-state index contributed by atoms with van der Waals surface area (Å²) in [6, 6.07) is 2.17. The second-order valence-electron chi connectivity index (χ2n) is 3.74. The van der Waals surface area contributed by atoms with Crippen molar-refractivity contribution >= 4 is 0 Å². The number of pyridine rings is 1. The summed E-state index contributed by atoms with van der Waals surface area (Å²) in [6.45, 7) is 1.54. The van der Waals surface area contributed by atoms with Crippen molar-refractivity contribution in [2.75, 3.05) is 0 Å². The molecule has 96 valence electrons. The summed E-state index contributed by atoms with van der Waals surface area (Å²) < 4.78 is 38.4. The molecule has 0 radical (unpaired) electrons. The van der Waals surface area contributed by atoms with Crippen molar-refractivity contribution in [3.63, 3.8) is 0 Å². The summed E-state index contributed by atoms with van der Waals surface area (Å²) in [5.74, 6) is 0. The maximum absolute atomic E-state index is 12.3. The van der Waals surface area contributed by atoms with E-state index in [2.05, 4.69) is 10.1 Å². The fourth-order valence-electron chi connectivity index (χ4n) is 1.47. The predicted octanol–water partition coefficient (Wildman–Crippen LogP) is 2.09. The highest BCUT2D eigenvalue weighted by Crippen LogP contribution is 2.27. The Bertz CT molecular complexity index is 546. The van der Waals surface area contributed by atoms with Crippen molar-refractivity contribution in [3.05, 3.63) is 41.5 Å². The SMILES string of the molecule is Cc1nn(-c2ccc(C(F)(F)F)nc2)cc1CO. The molecule has 0 aliphatic rings. The molecule has 0 aromatic carbocycles. The van der Waals surface area contributed by atoms with Gasteiger partial charge < -0.3 is 5.11 Å². The fraction of sp³-hybridized carbons (Fsp3) is 0.273. The van der Waals surface area contributed by atoms with Gasteiger partial charge in [0.1, 0.15) is 5.69 Å². The zero-order valence-electron chi connectivity index (χ0n) is 9.44. The fourth-order valence-corrected chi connectivity index (χ4v) is 1.47. The Morgan fingerprint density at radius 1 is 1.33 bits per heavy atom. The van der Waals surface area contributed by atoms with Crippen molar-refractivity contribution in [2.45, 2.75) is 19.7 Å². The summed E-state index contributed by atoms with van der Waals surface area (Å²) in [4.78, 5) is 3.34. The van der Waals surface area contributed by atoms with E-state index in [1.807, 2.05) is 0 Å². The average Bonchev–Trinajstić information content (AvgIpc) is 2.69. The van der Waals surface area contributed by atoms with Crippen LogP contribution in [0, 0.1) is 6.92 Å². The zero-order chi connectivity index (χ0) is 13.3. The van der Waals surface area contributed by atoms with Crippen LogP contribution < -0.4 is 0 Å². The number of aliphatic hydroxyl groups excluding tert-OH is 1. The minimum Gasteiger partial charge on any atom is -0.392 e. The lowest BCUT2D eigenvalue weighted by Crippen LogP contribution is -2.08. The molecular formula is C11H10F3N3O. The Kier molecular flexibility index (Phi) is 3.08. The van der Waals surface area contributed by atoms with E-state index in [4.69, 9.17) is 5.11 Å². The average molecular weight is 257 g/mol. The normalized spacial score (nSPS) is 11.8. The largest absolute Gasteiger partial charge is 0.433 e. The maximum Gasteiger partial charge on any atom is 0.433 e. The number of halogens is 3. The van der Waals surface area contributed by atoms with Gasteiger partial charge in [0.15, 0.2) is 0 Å². The van der Waals surface area contributed by atoms with E-state index in [9.17, 15) is 13.2 Å². The molecule has 4 nitrogen and oxygen atoms in total. The van der Waals surface area contributed by atoms with Crippen LogP contribution in [-0.2, 0) is 12.8 Å². The van der Waals surface area contributed by atoms with Gasteiger partial charge in [-0.1, -0.05) is 0 Å². The van der Waals surface area contributed by atoms with Crippen LogP contribution in [0.4, 0.5) is 13.2 Å². The molecule has 2 aromatic heterocycles. The molecule has 0 spiro atoms. The molecule has 2 rings (SSSR count). The molecule has 0 bridgehead atoms. The maximum atomic E-state index is 12.3. The number of aryl methyl sites for hydroxylation is 1. The van der Waals surface area contributed by atoms with Crippen LogP contribution in [0.15, 0.2) is 24.5 Å². The summed E-state index contributed by atoms with van der Waals surface area (Å²) in [5, 5.41) is 13.1. The standard InChI is InChI=1S/C11H10F3N3O/c1-7-8(6-18)5-17(16-7)9-2-3-10(15-4-9)11(12,13)14/h2-5,18H,6H2,1H3. The molecule has 0 saturated carbocycles. The third-order valence-electron chi connectivity index (χ3n) is 2.47. The number of alkyl halides is 3. The van der Waals surface area contributed by atoms with Gasteiger partial charge in [0.05, 0.1) is 24.2 Å². The Morgan fingerprint density at radius 3 is 2.50 bits per heavy atom. The Balaban J connectivity index is 2.34. The van der Waals surface area contributed by atoms with E-state index >= 15 is 0 Å². The highest BCUT2D eigenvalue weighted by Gasteiger charge is 2.32. The van der Waals surface area contributed by atoms with Gasteiger partial charge in [-0.05, 0) is 19.1 Å². The Hall–Kier alpha value is -1.89. The van der Waals surface area contributed by atoms with E-state index in [0.717, 1.165) is 12.3 Å². The third kappa shape index (κ3) is 2.35. The van der Waals surface area contributed by atoms with Crippen LogP contribution in [0.1, 0.15) is 17.0 Å². The van der Waals surface area contributed by atoms with E-state index < -0.39 is 11.9 Å². The summed E-state index contributed by atoms with van der Waals surface area (Å²) in [6.07, 6.45) is -1.80. The molecule has 18 heavy (non-hydrogen) atoms. The van der Waals surface area contributed by atoms with Gasteiger partial charge in [0.2, 0.25) is 0 Å². The van der Waals surface area contributed by atoms with Crippen LogP contribution in [0.2, 0.25) is 0 Å². The quantitative estimate of drug-likeness (QED) is 0.896. The molecule has 2 aromatic rings. The van der Waals surface area contributed by atoms with Crippen molar-refractivity contribution in [1.29, 1.82) is 0 Å². The summed E-state index contributed by atoms with van der Waals surface area (Å²) >= 11 is 0. The highest BCUT2D eigenvalue weighted by atomic mass is 19.4. The van der Waals surface area contributed by atoms with Crippen molar-refractivity contribution in [2.24, 2.45) is 0 Å². The lowest BCUT2D eigenvalue weighted by atomic mass is 10.3. The summed E-state index contributed by atoms with van der Waals surface area (Å²) in [7, 11) is 0. The molecule has 0 atom stereocenters. The molecule has 7 heteroatoms. The number of rotatable bonds is 2. The molecule has 0 unspecified atom stereocenters. The molecule has 0 aliphatic carbocycles. The molecular weight excluding hydrogens is 247 g/mol. The van der Waals surface area contributed by atoms with Crippen molar-refractivity contribution in [1.82, 2.24) is 14.8 Å². The van der Waals surface area contributed by atoms with E-state index in [0.29, 0.717) is 16.9 Å². The van der Waals surface area contributed by atoms with Gasteiger partial charge in [0.25, 0.3) is 0 Å². The van der Waals surface area contributed by atoms with Gasteiger partial charge >= 0.3 is 6.18 Å². The third-order valence-corrected chi connectivity index (χ3v) is 2.47. The minimum atomic E-state index is -4.45. The van der Waals surface area contributed by atoms with Crippen LogP contribution in [0.5, 0.6) is 0 Å².